The van der Waals surface area contributed by atoms with Gasteiger partial charge in [0, 0.05) is 0 Å². The van der Waals surface area contributed by atoms with Crippen LogP contribution in [0.25, 0.3) is 0 Å². The highest BCUT2D eigenvalue weighted by Crippen LogP contribution is 2.39. The summed E-state index contributed by atoms with van der Waals surface area (Å²) in [4.78, 5) is 0. The highest BCUT2D eigenvalue weighted by Gasteiger charge is 2.26. The molecule has 2 rings (SSSR count). The zero-order chi connectivity index (χ0) is 11.5. The van der Waals surface area contributed by atoms with Crippen LogP contribution in [0.4, 0.5) is 4.39 Å². The van der Waals surface area contributed by atoms with Crippen LogP contribution in [0.3, 0.4) is 0 Å². The van der Waals surface area contributed by atoms with Gasteiger partial charge in [0.05, 0.1) is 0 Å². The summed E-state index contributed by atoms with van der Waals surface area (Å²) < 4.78 is 13.7. The molecule has 1 aliphatic rings. The minimum absolute atomic E-state index is 0.0168. The van der Waals surface area contributed by atoms with E-state index in [1.54, 1.807) is 12.1 Å². The summed E-state index contributed by atoms with van der Waals surface area (Å²) in [6, 6.07) is 7.29. The molecule has 1 fully saturated rings. The lowest BCUT2D eigenvalue weighted by molar-refractivity contribution is 0.252. The molecule has 88 valence electrons. The van der Waals surface area contributed by atoms with Gasteiger partial charge in [0.1, 0.15) is 5.82 Å². The fourth-order valence-corrected chi connectivity index (χ4v) is 2.92. The van der Waals surface area contributed by atoms with Gasteiger partial charge in [-0.3, -0.25) is 0 Å². The van der Waals surface area contributed by atoms with Gasteiger partial charge in [-0.15, -0.1) is 0 Å². The first kappa shape index (κ1) is 11.6. The summed E-state index contributed by atoms with van der Waals surface area (Å²) in [6.07, 6.45) is 4.90. The SMILES string of the molecule is CC(C)[C@@H]1CCC[C@H](c2ccccc2F)C1. The van der Waals surface area contributed by atoms with Crippen LogP contribution in [0.5, 0.6) is 0 Å². The van der Waals surface area contributed by atoms with Gasteiger partial charge in [-0.2, -0.15) is 0 Å². The summed E-state index contributed by atoms with van der Waals surface area (Å²) in [5.74, 6) is 1.94. The van der Waals surface area contributed by atoms with Crippen molar-refractivity contribution in [1.82, 2.24) is 0 Å². The van der Waals surface area contributed by atoms with Crippen molar-refractivity contribution in [2.75, 3.05) is 0 Å². The standard InChI is InChI=1S/C15H21F/c1-11(2)12-6-5-7-13(10-12)14-8-3-4-9-15(14)16/h3-4,8-9,11-13H,5-7,10H2,1-2H3/t12-,13+/m1/s1. The Morgan fingerprint density at radius 1 is 1.19 bits per heavy atom. The zero-order valence-corrected chi connectivity index (χ0v) is 10.2. The Kier molecular flexibility index (Phi) is 3.63. The van der Waals surface area contributed by atoms with E-state index in [1.807, 2.05) is 12.1 Å². The molecule has 16 heavy (non-hydrogen) atoms. The average Bonchev–Trinajstić information content (AvgIpc) is 2.30. The van der Waals surface area contributed by atoms with E-state index in [1.165, 1.54) is 19.3 Å². The van der Waals surface area contributed by atoms with Gasteiger partial charge in [0.15, 0.2) is 0 Å². The number of benzene rings is 1. The molecular formula is C15H21F. The van der Waals surface area contributed by atoms with Crippen LogP contribution >= 0.6 is 0 Å². The molecule has 1 heteroatoms. The molecule has 0 radical (unpaired) electrons. The second-order valence-electron chi connectivity index (χ2n) is 5.39. The van der Waals surface area contributed by atoms with E-state index in [-0.39, 0.29) is 5.82 Å². The number of hydrogen-bond acceptors (Lipinski definition) is 0. The second kappa shape index (κ2) is 4.99. The molecule has 1 aromatic carbocycles. The van der Waals surface area contributed by atoms with Crippen molar-refractivity contribution in [2.45, 2.75) is 45.4 Å². The number of rotatable bonds is 2. The molecule has 0 nitrogen and oxygen atoms in total. The Bertz CT molecular complexity index is 343. The fraction of sp³-hybridized carbons (Fsp3) is 0.600. The Morgan fingerprint density at radius 3 is 2.62 bits per heavy atom. The summed E-state index contributed by atoms with van der Waals surface area (Å²) in [7, 11) is 0. The van der Waals surface area contributed by atoms with Gasteiger partial charge in [-0.1, -0.05) is 44.9 Å². The normalized spacial score (nSPS) is 26.0. The van der Waals surface area contributed by atoms with Crippen LogP contribution in [0, 0.1) is 17.7 Å². The molecule has 0 aromatic heterocycles. The lowest BCUT2D eigenvalue weighted by Crippen LogP contribution is -2.19. The van der Waals surface area contributed by atoms with Crippen molar-refractivity contribution in [1.29, 1.82) is 0 Å². The molecule has 0 unspecified atom stereocenters. The fourth-order valence-electron chi connectivity index (χ4n) is 2.92. The molecule has 1 saturated carbocycles. The minimum Gasteiger partial charge on any atom is -0.207 e. The monoisotopic (exact) mass is 220 g/mol. The number of hydrogen-bond donors (Lipinski definition) is 0. The largest absolute Gasteiger partial charge is 0.207 e. The van der Waals surface area contributed by atoms with Gasteiger partial charge in [0.25, 0.3) is 0 Å². The van der Waals surface area contributed by atoms with Crippen LogP contribution < -0.4 is 0 Å². The quantitative estimate of drug-likeness (QED) is 0.674. The van der Waals surface area contributed by atoms with Crippen LogP contribution in [0.2, 0.25) is 0 Å². The van der Waals surface area contributed by atoms with E-state index < -0.39 is 0 Å². The molecule has 1 aromatic rings. The minimum atomic E-state index is -0.0168. The van der Waals surface area contributed by atoms with Crippen molar-refractivity contribution in [3.8, 4) is 0 Å². The lowest BCUT2D eigenvalue weighted by atomic mass is 9.74. The predicted octanol–water partition coefficient (Wildman–Crippen LogP) is 4.76. The molecule has 0 spiro atoms. The molecule has 2 atom stereocenters. The molecule has 0 heterocycles. The van der Waals surface area contributed by atoms with Gasteiger partial charge >= 0.3 is 0 Å². The lowest BCUT2D eigenvalue weighted by Gasteiger charge is -2.32. The van der Waals surface area contributed by atoms with Gasteiger partial charge < -0.3 is 0 Å². The van der Waals surface area contributed by atoms with Gasteiger partial charge in [0.2, 0.25) is 0 Å². The molecule has 0 bridgehead atoms. The first-order valence-electron chi connectivity index (χ1n) is 6.43. The first-order chi connectivity index (χ1) is 7.68. The summed E-state index contributed by atoms with van der Waals surface area (Å²) in [5.41, 5.74) is 0.938. The smallest absolute Gasteiger partial charge is 0.126 e. The molecule has 1 aliphatic carbocycles. The predicted molar refractivity (Wildman–Crippen MR) is 65.9 cm³/mol. The van der Waals surface area contributed by atoms with Crippen molar-refractivity contribution < 1.29 is 4.39 Å². The third-order valence-electron chi connectivity index (χ3n) is 4.00. The first-order valence-corrected chi connectivity index (χ1v) is 6.43. The van der Waals surface area contributed by atoms with Crippen molar-refractivity contribution >= 4 is 0 Å². The van der Waals surface area contributed by atoms with Crippen molar-refractivity contribution in [3.63, 3.8) is 0 Å². The topological polar surface area (TPSA) is 0 Å². The Labute approximate surface area is 97.9 Å². The average molecular weight is 220 g/mol. The molecule has 0 N–H and O–H groups in total. The van der Waals surface area contributed by atoms with E-state index in [0.29, 0.717) is 5.92 Å². The summed E-state index contributed by atoms with van der Waals surface area (Å²) in [5, 5.41) is 0. The third kappa shape index (κ3) is 2.45. The van der Waals surface area contributed by atoms with Gasteiger partial charge in [-0.25, -0.2) is 4.39 Å². The molecule has 0 saturated heterocycles. The van der Waals surface area contributed by atoms with Crippen LogP contribution in [0.1, 0.15) is 51.0 Å². The number of halogens is 1. The highest BCUT2D eigenvalue weighted by atomic mass is 19.1. The van der Waals surface area contributed by atoms with E-state index in [4.69, 9.17) is 0 Å². The maximum absolute atomic E-state index is 13.7. The van der Waals surface area contributed by atoms with E-state index in [2.05, 4.69) is 13.8 Å². The Balaban J connectivity index is 2.13. The summed E-state index contributed by atoms with van der Waals surface area (Å²) >= 11 is 0. The molecular weight excluding hydrogens is 199 g/mol. The summed E-state index contributed by atoms with van der Waals surface area (Å²) in [6.45, 7) is 4.57. The second-order valence-corrected chi connectivity index (χ2v) is 5.39. The van der Waals surface area contributed by atoms with Crippen LogP contribution in [-0.2, 0) is 0 Å². The van der Waals surface area contributed by atoms with E-state index in [0.717, 1.165) is 23.8 Å². The van der Waals surface area contributed by atoms with E-state index >= 15 is 0 Å². The van der Waals surface area contributed by atoms with Gasteiger partial charge in [-0.05, 0) is 42.2 Å². The Morgan fingerprint density at radius 2 is 1.94 bits per heavy atom. The Hall–Kier alpha value is -0.850. The van der Waals surface area contributed by atoms with Crippen LogP contribution in [0.15, 0.2) is 24.3 Å². The van der Waals surface area contributed by atoms with Crippen molar-refractivity contribution in [2.24, 2.45) is 11.8 Å². The van der Waals surface area contributed by atoms with E-state index in [9.17, 15) is 4.39 Å². The highest BCUT2D eigenvalue weighted by molar-refractivity contribution is 5.22. The molecule has 0 aliphatic heterocycles. The maximum atomic E-state index is 13.7. The zero-order valence-electron chi connectivity index (χ0n) is 10.2. The molecule has 0 amide bonds. The maximum Gasteiger partial charge on any atom is 0.126 e. The van der Waals surface area contributed by atoms with Crippen LogP contribution in [-0.4, -0.2) is 0 Å². The van der Waals surface area contributed by atoms with Crippen molar-refractivity contribution in [3.05, 3.63) is 35.6 Å². The third-order valence-corrected chi connectivity index (χ3v) is 4.00.